The molecule has 0 aromatic heterocycles. The van der Waals surface area contributed by atoms with Crippen LogP contribution in [0.2, 0.25) is 5.02 Å². The number of ether oxygens (including phenoxy) is 1. The smallest absolute Gasteiger partial charge is 0.256 e. The summed E-state index contributed by atoms with van der Waals surface area (Å²) in [4.78, 5) is 14.4. The van der Waals surface area contributed by atoms with Crippen molar-refractivity contribution in [1.29, 1.82) is 0 Å². The van der Waals surface area contributed by atoms with Gasteiger partial charge in [0.25, 0.3) is 5.91 Å². The van der Waals surface area contributed by atoms with E-state index in [0.29, 0.717) is 23.7 Å². The van der Waals surface area contributed by atoms with Gasteiger partial charge in [0.1, 0.15) is 0 Å². The molecule has 1 aliphatic rings. The standard InChI is InChI=1S/C14H19ClN2O3/c1-9-8-20-11(7-18)6-17(9)14(19)12-5-10(15)3-4-13(12)16-2/h3-5,9,11,16,18H,6-8H2,1-2H3. The summed E-state index contributed by atoms with van der Waals surface area (Å²) < 4.78 is 5.45. The molecule has 1 amide bonds. The Morgan fingerprint density at radius 2 is 2.35 bits per heavy atom. The van der Waals surface area contributed by atoms with E-state index >= 15 is 0 Å². The predicted octanol–water partition coefficient (Wildman–Crippen LogP) is 1.60. The van der Waals surface area contributed by atoms with Crippen molar-refractivity contribution in [1.82, 2.24) is 4.90 Å². The summed E-state index contributed by atoms with van der Waals surface area (Å²) in [6.45, 7) is 2.64. The number of nitrogens with zero attached hydrogens (tertiary/aromatic N) is 1. The van der Waals surface area contributed by atoms with Crippen LogP contribution in [-0.2, 0) is 4.74 Å². The van der Waals surface area contributed by atoms with Crippen LogP contribution in [0.1, 0.15) is 17.3 Å². The van der Waals surface area contributed by atoms with Crippen molar-refractivity contribution in [2.75, 3.05) is 32.1 Å². The first-order valence-electron chi connectivity index (χ1n) is 6.57. The van der Waals surface area contributed by atoms with Crippen LogP contribution in [0, 0.1) is 0 Å². The first-order chi connectivity index (χ1) is 9.56. The fourth-order valence-electron chi connectivity index (χ4n) is 2.28. The normalized spacial score (nSPS) is 22.7. The maximum Gasteiger partial charge on any atom is 0.256 e. The molecule has 2 atom stereocenters. The zero-order valence-electron chi connectivity index (χ0n) is 11.6. The van der Waals surface area contributed by atoms with Gasteiger partial charge in [0.05, 0.1) is 30.9 Å². The lowest BCUT2D eigenvalue weighted by Gasteiger charge is -2.37. The Morgan fingerprint density at radius 1 is 1.60 bits per heavy atom. The largest absolute Gasteiger partial charge is 0.394 e. The number of anilines is 1. The van der Waals surface area contributed by atoms with E-state index in [1.165, 1.54) is 0 Å². The van der Waals surface area contributed by atoms with Gasteiger partial charge in [0.2, 0.25) is 0 Å². The summed E-state index contributed by atoms with van der Waals surface area (Å²) in [6.07, 6.45) is -0.327. The van der Waals surface area contributed by atoms with Crippen LogP contribution >= 0.6 is 11.6 Å². The van der Waals surface area contributed by atoms with Gasteiger partial charge < -0.3 is 20.1 Å². The fraction of sp³-hybridized carbons (Fsp3) is 0.500. The quantitative estimate of drug-likeness (QED) is 0.890. The van der Waals surface area contributed by atoms with Gasteiger partial charge in [-0.1, -0.05) is 11.6 Å². The van der Waals surface area contributed by atoms with Crippen LogP contribution in [0.3, 0.4) is 0 Å². The van der Waals surface area contributed by atoms with Crippen LogP contribution in [0.15, 0.2) is 18.2 Å². The molecular formula is C14H19ClN2O3. The Morgan fingerprint density at radius 3 is 3.00 bits per heavy atom. The maximum absolute atomic E-state index is 12.7. The van der Waals surface area contributed by atoms with Crippen molar-refractivity contribution < 1.29 is 14.6 Å². The summed E-state index contributed by atoms with van der Waals surface area (Å²) in [5.41, 5.74) is 1.27. The van der Waals surface area contributed by atoms with E-state index in [4.69, 9.17) is 16.3 Å². The SMILES string of the molecule is CNc1ccc(Cl)cc1C(=O)N1CC(CO)OCC1C. The lowest BCUT2D eigenvalue weighted by atomic mass is 10.1. The van der Waals surface area contributed by atoms with Crippen LogP contribution in [0.25, 0.3) is 0 Å². The Hall–Kier alpha value is -1.30. The molecule has 2 rings (SSSR count). The summed E-state index contributed by atoms with van der Waals surface area (Å²) in [7, 11) is 1.76. The van der Waals surface area contributed by atoms with Gasteiger partial charge in [-0.15, -0.1) is 0 Å². The van der Waals surface area contributed by atoms with E-state index in [9.17, 15) is 9.90 Å². The first kappa shape index (κ1) is 15.1. The third-order valence-electron chi connectivity index (χ3n) is 3.45. The molecule has 20 heavy (non-hydrogen) atoms. The van der Waals surface area contributed by atoms with Gasteiger partial charge in [0.15, 0.2) is 0 Å². The highest BCUT2D eigenvalue weighted by atomic mass is 35.5. The number of carbonyl (C=O) groups excluding carboxylic acids is 1. The van der Waals surface area contributed by atoms with Crippen LogP contribution in [-0.4, -0.2) is 54.9 Å². The van der Waals surface area contributed by atoms with Gasteiger partial charge in [0, 0.05) is 24.3 Å². The molecule has 1 fully saturated rings. The Labute approximate surface area is 123 Å². The third kappa shape index (κ3) is 3.06. The zero-order chi connectivity index (χ0) is 14.7. The third-order valence-corrected chi connectivity index (χ3v) is 3.69. The molecule has 2 N–H and O–H groups in total. The Kier molecular flexibility index (Phi) is 4.86. The summed E-state index contributed by atoms with van der Waals surface area (Å²) in [6, 6.07) is 5.15. The number of aliphatic hydroxyl groups excluding tert-OH is 1. The molecule has 0 bridgehead atoms. The number of carbonyl (C=O) groups is 1. The second kappa shape index (κ2) is 6.43. The highest BCUT2D eigenvalue weighted by Gasteiger charge is 2.30. The van der Waals surface area contributed by atoms with Crippen molar-refractivity contribution in [3.8, 4) is 0 Å². The summed E-state index contributed by atoms with van der Waals surface area (Å²) >= 11 is 5.99. The van der Waals surface area contributed by atoms with Gasteiger partial charge in [-0.05, 0) is 25.1 Å². The molecule has 1 heterocycles. The van der Waals surface area contributed by atoms with Crippen molar-refractivity contribution in [3.05, 3.63) is 28.8 Å². The number of amides is 1. The second-order valence-corrected chi connectivity index (χ2v) is 5.32. The summed E-state index contributed by atoms with van der Waals surface area (Å²) in [5.74, 6) is -0.105. The van der Waals surface area contributed by atoms with Crippen LogP contribution in [0.5, 0.6) is 0 Å². The van der Waals surface area contributed by atoms with Gasteiger partial charge in [-0.25, -0.2) is 0 Å². The minimum Gasteiger partial charge on any atom is -0.394 e. The van der Waals surface area contributed by atoms with E-state index < -0.39 is 0 Å². The van der Waals surface area contributed by atoms with E-state index in [0.717, 1.165) is 5.69 Å². The van der Waals surface area contributed by atoms with E-state index in [-0.39, 0.29) is 24.7 Å². The molecule has 6 heteroatoms. The number of rotatable bonds is 3. The van der Waals surface area contributed by atoms with Crippen molar-refractivity contribution >= 4 is 23.2 Å². The topological polar surface area (TPSA) is 61.8 Å². The molecule has 110 valence electrons. The minimum atomic E-state index is -0.327. The average molecular weight is 299 g/mol. The van der Waals surface area contributed by atoms with Crippen molar-refractivity contribution in [2.24, 2.45) is 0 Å². The number of morpholine rings is 1. The monoisotopic (exact) mass is 298 g/mol. The molecule has 2 unspecified atom stereocenters. The second-order valence-electron chi connectivity index (χ2n) is 4.88. The van der Waals surface area contributed by atoms with Crippen LogP contribution in [0.4, 0.5) is 5.69 Å². The number of aliphatic hydroxyl groups is 1. The first-order valence-corrected chi connectivity index (χ1v) is 6.95. The molecule has 0 spiro atoms. The van der Waals surface area contributed by atoms with Gasteiger partial charge in [-0.2, -0.15) is 0 Å². The molecule has 0 saturated carbocycles. The average Bonchev–Trinajstić information content (AvgIpc) is 2.47. The van der Waals surface area contributed by atoms with Crippen LogP contribution < -0.4 is 5.32 Å². The molecule has 0 aliphatic carbocycles. The number of benzene rings is 1. The number of halogens is 1. The molecule has 5 nitrogen and oxygen atoms in total. The molecule has 1 aromatic rings. The fourth-order valence-corrected chi connectivity index (χ4v) is 2.45. The van der Waals surface area contributed by atoms with Gasteiger partial charge in [-0.3, -0.25) is 4.79 Å². The molecule has 0 radical (unpaired) electrons. The number of hydrogen-bond donors (Lipinski definition) is 2. The predicted molar refractivity (Wildman–Crippen MR) is 78.3 cm³/mol. The number of hydrogen-bond acceptors (Lipinski definition) is 4. The number of nitrogens with one attached hydrogen (secondary N) is 1. The van der Waals surface area contributed by atoms with E-state index in [2.05, 4.69) is 5.32 Å². The van der Waals surface area contributed by atoms with E-state index in [1.54, 1.807) is 30.1 Å². The van der Waals surface area contributed by atoms with E-state index in [1.807, 2.05) is 6.92 Å². The minimum absolute atomic E-state index is 0.0333. The lowest BCUT2D eigenvalue weighted by Crippen LogP contribution is -2.52. The molecular weight excluding hydrogens is 280 g/mol. The molecule has 1 saturated heterocycles. The lowest BCUT2D eigenvalue weighted by molar-refractivity contribution is -0.0667. The molecule has 1 aromatic carbocycles. The zero-order valence-corrected chi connectivity index (χ0v) is 12.4. The maximum atomic E-state index is 12.7. The highest BCUT2D eigenvalue weighted by molar-refractivity contribution is 6.31. The summed E-state index contributed by atoms with van der Waals surface area (Å²) in [5, 5.41) is 12.7. The molecule has 1 aliphatic heterocycles. The van der Waals surface area contributed by atoms with Crippen molar-refractivity contribution in [2.45, 2.75) is 19.1 Å². The Bertz CT molecular complexity index is 495. The van der Waals surface area contributed by atoms with Gasteiger partial charge >= 0.3 is 0 Å². The highest BCUT2D eigenvalue weighted by Crippen LogP contribution is 2.24. The van der Waals surface area contributed by atoms with Crippen molar-refractivity contribution in [3.63, 3.8) is 0 Å². The Balaban J connectivity index is 2.27.